The Bertz CT molecular complexity index is 1670. The van der Waals surface area contributed by atoms with Crippen molar-refractivity contribution in [3.05, 3.63) is 107 Å². The number of nitrogens with zero attached hydrogens (tertiary/aromatic N) is 3. The van der Waals surface area contributed by atoms with Crippen molar-refractivity contribution < 1.29 is 42.1 Å². The van der Waals surface area contributed by atoms with Crippen molar-refractivity contribution in [2.45, 2.75) is 30.1 Å². The highest BCUT2D eigenvalue weighted by atomic mass is 32.2. The molecule has 3 aromatic carbocycles. The summed E-state index contributed by atoms with van der Waals surface area (Å²) in [6.07, 6.45) is 1.29. The minimum atomic E-state index is -3.94. The average Bonchev–Trinajstić information content (AvgIpc) is 3.14. The van der Waals surface area contributed by atoms with Crippen LogP contribution in [0.3, 0.4) is 0 Å². The fourth-order valence-electron chi connectivity index (χ4n) is 5.88. The number of sulfonamides is 1. The van der Waals surface area contributed by atoms with Crippen molar-refractivity contribution >= 4 is 21.9 Å². The number of rotatable bonds is 14. The molecule has 0 aromatic heterocycles. The van der Waals surface area contributed by atoms with Crippen LogP contribution < -0.4 is 4.74 Å². The Morgan fingerprint density at radius 1 is 0.918 bits per heavy atom. The molecule has 2 aliphatic rings. The minimum absolute atomic E-state index is 0.0479. The van der Waals surface area contributed by atoms with Crippen LogP contribution >= 0.6 is 0 Å². The lowest BCUT2D eigenvalue weighted by atomic mass is 9.92. The molecule has 0 saturated carbocycles. The predicted molar refractivity (Wildman–Crippen MR) is 181 cm³/mol. The number of methoxy groups -OCH3 is 2. The minimum Gasteiger partial charge on any atom is -0.497 e. The summed E-state index contributed by atoms with van der Waals surface area (Å²) in [6.45, 7) is 2.72. The van der Waals surface area contributed by atoms with Gasteiger partial charge in [0.1, 0.15) is 5.75 Å². The fourth-order valence-corrected chi connectivity index (χ4v) is 7.30. The van der Waals surface area contributed by atoms with Crippen molar-refractivity contribution in [1.29, 1.82) is 0 Å². The summed E-state index contributed by atoms with van der Waals surface area (Å²) in [5.74, 6) is -0.289. The number of esters is 1. The van der Waals surface area contributed by atoms with E-state index < -0.39 is 22.3 Å². The molecule has 3 aromatic rings. The van der Waals surface area contributed by atoms with Gasteiger partial charge in [0.15, 0.2) is 5.76 Å². The first-order valence-electron chi connectivity index (χ1n) is 16.2. The van der Waals surface area contributed by atoms with Crippen molar-refractivity contribution in [3.8, 4) is 5.75 Å². The molecule has 13 heteroatoms. The molecule has 1 fully saturated rings. The number of carbonyl (C=O) groups is 2. The summed E-state index contributed by atoms with van der Waals surface area (Å²) in [5.41, 5.74) is 2.48. The summed E-state index contributed by atoms with van der Waals surface area (Å²) in [6, 6.07) is 23.2. The average molecular weight is 694 g/mol. The summed E-state index contributed by atoms with van der Waals surface area (Å²) in [4.78, 5) is 30.0. The molecule has 49 heavy (non-hydrogen) atoms. The molecule has 0 unspecified atom stereocenters. The lowest BCUT2D eigenvalue weighted by Crippen LogP contribution is -2.49. The topological polar surface area (TPSA) is 135 Å². The Balaban J connectivity index is 1.27. The lowest BCUT2D eigenvalue weighted by molar-refractivity contribution is -0.154. The van der Waals surface area contributed by atoms with E-state index in [-0.39, 0.29) is 48.8 Å². The molecule has 12 nitrogen and oxygen atoms in total. The highest BCUT2D eigenvalue weighted by molar-refractivity contribution is 7.89. The van der Waals surface area contributed by atoms with E-state index in [0.29, 0.717) is 30.8 Å². The third kappa shape index (κ3) is 9.25. The zero-order chi connectivity index (χ0) is 34.8. The van der Waals surface area contributed by atoms with Gasteiger partial charge in [0.05, 0.1) is 37.9 Å². The molecular weight excluding hydrogens is 650 g/mol. The zero-order valence-corrected chi connectivity index (χ0v) is 28.6. The molecule has 5 rings (SSSR count). The molecule has 2 heterocycles. The van der Waals surface area contributed by atoms with Crippen LogP contribution in [0.25, 0.3) is 0 Å². The number of carbonyl (C=O) groups excluding carboxylic acids is 2. The van der Waals surface area contributed by atoms with Gasteiger partial charge in [-0.3, -0.25) is 9.69 Å². The van der Waals surface area contributed by atoms with Crippen molar-refractivity contribution in [2.75, 3.05) is 66.7 Å². The van der Waals surface area contributed by atoms with Gasteiger partial charge in [-0.1, -0.05) is 42.5 Å². The Kier molecular flexibility index (Phi) is 12.4. The second kappa shape index (κ2) is 16.9. The summed E-state index contributed by atoms with van der Waals surface area (Å²) in [7, 11) is -1.12. The summed E-state index contributed by atoms with van der Waals surface area (Å²) in [5, 5.41) is 9.64. The third-order valence-corrected chi connectivity index (χ3v) is 10.5. The zero-order valence-electron chi connectivity index (χ0n) is 27.8. The van der Waals surface area contributed by atoms with E-state index in [4.69, 9.17) is 18.9 Å². The number of hydrogen-bond donors (Lipinski definition) is 1. The Hall–Kier alpha value is -4.27. The van der Waals surface area contributed by atoms with E-state index in [1.807, 2.05) is 30.3 Å². The number of aliphatic hydroxyl groups excluding tert-OH is 1. The highest BCUT2D eigenvalue weighted by Crippen LogP contribution is 2.33. The predicted octanol–water partition coefficient (Wildman–Crippen LogP) is 3.24. The van der Waals surface area contributed by atoms with Gasteiger partial charge in [0.25, 0.3) is 5.91 Å². The van der Waals surface area contributed by atoms with Gasteiger partial charge in [-0.05, 0) is 53.6 Å². The second-order valence-electron chi connectivity index (χ2n) is 11.8. The maximum atomic E-state index is 13.8. The van der Waals surface area contributed by atoms with E-state index in [2.05, 4.69) is 17.0 Å². The third-order valence-electron chi connectivity index (χ3n) is 8.63. The number of amides is 1. The highest BCUT2D eigenvalue weighted by Gasteiger charge is 2.33. The van der Waals surface area contributed by atoms with Gasteiger partial charge in [-0.15, -0.1) is 0 Å². The van der Waals surface area contributed by atoms with E-state index in [0.717, 1.165) is 29.5 Å². The molecule has 0 aliphatic carbocycles. The number of piperazine rings is 1. The number of benzene rings is 3. The van der Waals surface area contributed by atoms with Crippen molar-refractivity contribution in [1.82, 2.24) is 14.1 Å². The number of ether oxygens (including phenoxy) is 4. The Morgan fingerprint density at radius 2 is 1.61 bits per heavy atom. The number of allylic oxidation sites excluding steroid dienone is 1. The molecule has 1 saturated heterocycles. The summed E-state index contributed by atoms with van der Waals surface area (Å²) >= 11 is 0. The van der Waals surface area contributed by atoms with Crippen LogP contribution in [0.2, 0.25) is 0 Å². The van der Waals surface area contributed by atoms with E-state index in [9.17, 15) is 23.1 Å². The van der Waals surface area contributed by atoms with E-state index in [1.165, 1.54) is 31.9 Å². The van der Waals surface area contributed by atoms with Crippen LogP contribution in [0.4, 0.5) is 0 Å². The van der Waals surface area contributed by atoms with Gasteiger partial charge in [-0.2, -0.15) is 4.31 Å². The molecule has 1 N–H and O–H groups in total. The quantitative estimate of drug-likeness (QED) is 0.251. The first-order valence-corrected chi connectivity index (χ1v) is 17.6. The van der Waals surface area contributed by atoms with Crippen LogP contribution in [0.5, 0.6) is 5.75 Å². The summed E-state index contributed by atoms with van der Waals surface area (Å²) < 4.78 is 50.1. The van der Waals surface area contributed by atoms with Gasteiger partial charge in [0.2, 0.25) is 16.3 Å². The molecule has 0 radical (unpaired) electrons. The maximum Gasteiger partial charge on any atom is 0.337 e. The van der Waals surface area contributed by atoms with Crippen LogP contribution in [0.1, 0.15) is 33.8 Å². The molecule has 0 bridgehead atoms. The van der Waals surface area contributed by atoms with Crippen LogP contribution in [-0.4, -0.2) is 112 Å². The molecule has 1 amide bonds. The fraction of sp³-hybridized carbons (Fsp3) is 0.389. The SMILES string of the molecule is COC(=O)c1ccc([C@@H]2C=C(C(=O)N3CCN(Cc4ccccc4)CC3)O[C@H](OCCN(CCO)S(=O)(=O)c3ccc(OC)cc3)C2)cc1. The Morgan fingerprint density at radius 3 is 2.24 bits per heavy atom. The number of aliphatic hydroxyl groups is 1. The smallest absolute Gasteiger partial charge is 0.337 e. The van der Waals surface area contributed by atoms with Crippen LogP contribution in [0, 0.1) is 0 Å². The normalized spacial score (nSPS) is 18.4. The van der Waals surface area contributed by atoms with Gasteiger partial charge in [-0.25, -0.2) is 13.2 Å². The number of hydrogen-bond acceptors (Lipinski definition) is 10. The standard InChI is InChI=1S/C36H43N3O9S/c1-45-31-12-14-32(15-13-31)49(43,44)39(20-22-40)21-23-47-34-25-30(28-8-10-29(11-9-28)36(42)46-2)24-33(48-34)35(41)38-18-16-37(17-19-38)26-27-6-4-3-5-7-27/h3-15,24,30,34,40H,16-23,25-26H2,1-2H3/t30-,34+/m1/s1. The first kappa shape index (κ1) is 36.0. The van der Waals surface area contributed by atoms with E-state index in [1.54, 1.807) is 35.2 Å². The molecule has 2 atom stereocenters. The van der Waals surface area contributed by atoms with Crippen LogP contribution in [-0.2, 0) is 35.6 Å². The van der Waals surface area contributed by atoms with Gasteiger partial charge in [0, 0.05) is 58.2 Å². The lowest BCUT2D eigenvalue weighted by Gasteiger charge is -2.36. The van der Waals surface area contributed by atoms with E-state index >= 15 is 0 Å². The Labute approximate surface area is 287 Å². The second-order valence-corrected chi connectivity index (χ2v) is 13.7. The largest absolute Gasteiger partial charge is 0.497 e. The molecule has 0 spiro atoms. The van der Waals surface area contributed by atoms with Gasteiger partial charge >= 0.3 is 5.97 Å². The maximum absolute atomic E-state index is 13.8. The first-order chi connectivity index (χ1) is 23.7. The molecule has 262 valence electrons. The van der Waals surface area contributed by atoms with Crippen molar-refractivity contribution in [2.24, 2.45) is 0 Å². The molecule has 2 aliphatic heterocycles. The van der Waals surface area contributed by atoms with Gasteiger partial charge < -0.3 is 29.0 Å². The molecular formula is C36H43N3O9S. The van der Waals surface area contributed by atoms with Crippen LogP contribution in [0.15, 0.2) is 95.6 Å². The monoisotopic (exact) mass is 693 g/mol. The van der Waals surface area contributed by atoms with Crippen molar-refractivity contribution in [3.63, 3.8) is 0 Å².